The standard InChI is InChI=1S/C21H20ClN5O3/c1-15-18(14-23-26(15)17-6-4-5-16(22)13-17)21(28)25-11-9-24(10-12-25)19-7-2-3-8-20(19)27(29)30/h2-8,13-14H,9-12H2,1H3. The maximum atomic E-state index is 13.1. The van der Waals surface area contributed by atoms with Gasteiger partial charge in [-0.2, -0.15) is 5.10 Å². The Labute approximate surface area is 178 Å². The summed E-state index contributed by atoms with van der Waals surface area (Å²) in [7, 11) is 0. The third-order valence-electron chi connectivity index (χ3n) is 5.28. The molecule has 1 saturated heterocycles. The van der Waals surface area contributed by atoms with Crippen molar-refractivity contribution in [2.45, 2.75) is 6.92 Å². The van der Waals surface area contributed by atoms with Crippen molar-refractivity contribution < 1.29 is 9.72 Å². The van der Waals surface area contributed by atoms with Crippen molar-refractivity contribution in [1.82, 2.24) is 14.7 Å². The first-order valence-corrected chi connectivity index (χ1v) is 9.91. The van der Waals surface area contributed by atoms with Crippen molar-refractivity contribution in [3.63, 3.8) is 0 Å². The summed E-state index contributed by atoms with van der Waals surface area (Å²) in [5, 5.41) is 16.3. The minimum atomic E-state index is -0.375. The molecule has 2 aromatic carbocycles. The van der Waals surface area contributed by atoms with Crippen LogP contribution in [0.1, 0.15) is 16.1 Å². The second-order valence-electron chi connectivity index (χ2n) is 7.06. The Bertz CT molecular complexity index is 1110. The molecule has 0 aliphatic carbocycles. The maximum Gasteiger partial charge on any atom is 0.292 e. The molecular formula is C21H20ClN5O3. The molecule has 4 rings (SSSR count). The van der Waals surface area contributed by atoms with Gasteiger partial charge in [0.2, 0.25) is 0 Å². The Kier molecular flexibility index (Phi) is 5.41. The van der Waals surface area contributed by atoms with E-state index in [1.165, 1.54) is 6.07 Å². The summed E-state index contributed by atoms with van der Waals surface area (Å²) in [6.07, 6.45) is 1.58. The molecule has 0 saturated carbocycles. The van der Waals surface area contributed by atoms with Crippen LogP contribution in [0.2, 0.25) is 5.02 Å². The van der Waals surface area contributed by atoms with Crippen LogP contribution in [0, 0.1) is 17.0 Å². The molecule has 8 nitrogen and oxygen atoms in total. The van der Waals surface area contributed by atoms with Crippen LogP contribution in [0.15, 0.2) is 54.7 Å². The van der Waals surface area contributed by atoms with Gasteiger partial charge in [-0.05, 0) is 31.2 Å². The number of hydrogen-bond acceptors (Lipinski definition) is 5. The number of halogens is 1. The Balaban J connectivity index is 1.49. The molecule has 1 fully saturated rings. The second kappa shape index (κ2) is 8.16. The topological polar surface area (TPSA) is 84.5 Å². The molecule has 1 aromatic heterocycles. The molecule has 0 unspecified atom stereocenters. The van der Waals surface area contributed by atoms with Gasteiger partial charge in [0, 0.05) is 37.3 Å². The van der Waals surface area contributed by atoms with Crippen molar-refractivity contribution in [3.8, 4) is 5.69 Å². The number of para-hydroxylation sites is 2. The number of nitro benzene ring substituents is 1. The Morgan fingerprint density at radius 1 is 1.10 bits per heavy atom. The van der Waals surface area contributed by atoms with Crippen LogP contribution in [0.3, 0.4) is 0 Å². The summed E-state index contributed by atoms with van der Waals surface area (Å²) in [4.78, 5) is 27.7. The van der Waals surface area contributed by atoms with E-state index in [0.29, 0.717) is 42.5 Å². The predicted molar refractivity (Wildman–Crippen MR) is 115 cm³/mol. The Morgan fingerprint density at radius 2 is 1.83 bits per heavy atom. The highest BCUT2D eigenvalue weighted by molar-refractivity contribution is 6.30. The first kappa shape index (κ1) is 19.9. The van der Waals surface area contributed by atoms with Crippen LogP contribution in [-0.2, 0) is 0 Å². The SMILES string of the molecule is Cc1c(C(=O)N2CCN(c3ccccc3[N+](=O)[O-])CC2)cnn1-c1cccc(Cl)c1. The fraction of sp³-hybridized carbons (Fsp3) is 0.238. The molecule has 154 valence electrons. The molecule has 3 aromatic rings. The smallest absolute Gasteiger partial charge is 0.292 e. The van der Waals surface area contributed by atoms with Gasteiger partial charge in [0.25, 0.3) is 11.6 Å². The lowest BCUT2D eigenvalue weighted by atomic mass is 10.2. The summed E-state index contributed by atoms with van der Waals surface area (Å²) in [5.41, 5.74) is 2.73. The lowest BCUT2D eigenvalue weighted by Crippen LogP contribution is -2.49. The normalized spacial score (nSPS) is 14.1. The van der Waals surface area contributed by atoms with Crippen molar-refractivity contribution in [3.05, 3.63) is 81.1 Å². The molecule has 9 heteroatoms. The summed E-state index contributed by atoms with van der Waals surface area (Å²) in [5.74, 6) is -0.0945. The van der Waals surface area contributed by atoms with E-state index >= 15 is 0 Å². The first-order chi connectivity index (χ1) is 14.5. The van der Waals surface area contributed by atoms with Crippen LogP contribution < -0.4 is 4.90 Å². The largest absolute Gasteiger partial charge is 0.362 e. The van der Waals surface area contributed by atoms with Crippen molar-refractivity contribution in [2.24, 2.45) is 0 Å². The molecule has 1 aliphatic heterocycles. The average Bonchev–Trinajstić information content (AvgIpc) is 3.14. The van der Waals surface area contributed by atoms with E-state index in [2.05, 4.69) is 5.10 Å². The minimum absolute atomic E-state index is 0.0796. The number of amides is 1. The zero-order valence-electron chi connectivity index (χ0n) is 16.4. The monoisotopic (exact) mass is 425 g/mol. The molecule has 1 aliphatic rings. The number of carbonyl (C=O) groups is 1. The number of carbonyl (C=O) groups excluding carboxylic acids is 1. The van der Waals surface area contributed by atoms with Crippen LogP contribution in [0.4, 0.5) is 11.4 Å². The number of aromatic nitrogens is 2. The van der Waals surface area contributed by atoms with Crippen molar-refractivity contribution in [1.29, 1.82) is 0 Å². The maximum absolute atomic E-state index is 13.1. The van der Waals surface area contributed by atoms with Gasteiger partial charge in [0.15, 0.2) is 0 Å². The minimum Gasteiger partial charge on any atom is -0.362 e. The summed E-state index contributed by atoms with van der Waals surface area (Å²) in [6.45, 7) is 3.86. The molecular weight excluding hydrogens is 406 g/mol. The van der Waals surface area contributed by atoms with E-state index < -0.39 is 0 Å². The second-order valence-corrected chi connectivity index (χ2v) is 7.50. The Morgan fingerprint density at radius 3 is 2.53 bits per heavy atom. The fourth-order valence-corrected chi connectivity index (χ4v) is 3.88. The van der Waals surface area contributed by atoms with Gasteiger partial charge in [0.1, 0.15) is 5.69 Å². The number of nitro groups is 1. The summed E-state index contributed by atoms with van der Waals surface area (Å²) < 4.78 is 1.70. The van der Waals surface area contributed by atoms with E-state index in [1.54, 1.807) is 46.1 Å². The number of rotatable bonds is 4. The molecule has 2 heterocycles. The Hall–Kier alpha value is -3.39. The zero-order chi connectivity index (χ0) is 21.3. The molecule has 30 heavy (non-hydrogen) atoms. The third-order valence-corrected chi connectivity index (χ3v) is 5.51. The van der Waals surface area contributed by atoms with Crippen LogP contribution in [0.5, 0.6) is 0 Å². The first-order valence-electron chi connectivity index (χ1n) is 9.54. The summed E-state index contributed by atoms with van der Waals surface area (Å²) >= 11 is 6.07. The van der Waals surface area contributed by atoms with Gasteiger partial charge in [-0.15, -0.1) is 0 Å². The fourth-order valence-electron chi connectivity index (χ4n) is 3.69. The van der Waals surface area contributed by atoms with Crippen molar-refractivity contribution in [2.75, 3.05) is 31.1 Å². The number of anilines is 1. The van der Waals surface area contributed by atoms with E-state index in [0.717, 1.165) is 11.4 Å². The van der Waals surface area contributed by atoms with E-state index in [-0.39, 0.29) is 16.5 Å². The number of benzene rings is 2. The van der Waals surface area contributed by atoms with Gasteiger partial charge in [-0.1, -0.05) is 29.8 Å². The highest BCUT2D eigenvalue weighted by Crippen LogP contribution is 2.28. The molecule has 0 spiro atoms. The van der Waals surface area contributed by atoms with Crippen LogP contribution in [0.25, 0.3) is 5.69 Å². The molecule has 1 amide bonds. The molecule has 0 radical (unpaired) electrons. The molecule has 0 N–H and O–H groups in total. The zero-order valence-corrected chi connectivity index (χ0v) is 17.1. The lowest BCUT2D eigenvalue weighted by Gasteiger charge is -2.35. The van der Waals surface area contributed by atoms with Crippen LogP contribution in [-0.4, -0.2) is 51.7 Å². The van der Waals surface area contributed by atoms with Gasteiger partial charge < -0.3 is 9.80 Å². The van der Waals surface area contributed by atoms with Gasteiger partial charge >= 0.3 is 0 Å². The van der Waals surface area contributed by atoms with E-state index in [4.69, 9.17) is 11.6 Å². The van der Waals surface area contributed by atoms with Crippen LogP contribution >= 0.6 is 11.6 Å². The van der Waals surface area contributed by atoms with E-state index in [9.17, 15) is 14.9 Å². The molecule has 0 atom stereocenters. The third kappa shape index (κ3) is 3.73. The van der Waals surface area contributed by atoms with Gasteiger partial charge in [-0.25, -0.2) is 4.68 Å². The summed E-state index contributed by atoms with van der Waals surface area (Å²) in [6, 6.07) is 14.0. The number of piperazine rings is 1. The quantitative estimate of drug-likeness (QED) is 0.470. The number of hydrogen-bond donors (Lipinski definition) is 0. The highest BCUT2D eigenvalue weighted by atomic mass is 35.5. The highest BCUT2D eigenvalue weighted by Gasteiger charge is 2.27. The predicted octanol–water partition coefficient (Wildman–Crippen LogP) is 3.70. The van der Waals surface area contributed by atoms with Crippen molar-refractivity contribution >= 4 is 28.9 Å². The molecule has 0 bridgehead atoms. The number of nitrogens with zero attached hydrogens (tertiary/aromatic N) is 5. The van der Waals surface area contributed by atoms with Gasteiger partial charge in [-0.3, -0.25) is 14.9 Å². The van der Waals surface area contributed by atoms with E-state index in [1.807, 2.05) is 24.0 Å². The lowest BCUT2D eigenvalue weighted by molar-refractivity contribution is -0.384. The average molecular weight is 426 g/mol. The van der Waals surface area contributed by atoms with Gasteiger partial charge in [0.05, 0.1) is 28.1 Å².